The van der Waals surface area contributed by atoms with Gasteiger partial charge in [-0.2, -0.15) is 10.2 Å². The molecule has 158 valence electrons. The average molecular weight is 409 g/mol. The molecule has 8 heteroatoms. The predicted molar refractivity (Wildman–Crippen MR) is 113 cm³/mol. The van der Waals surface area contributed by atoms with Crippen LogP contribution in [0.15, 0.2) is 41.5 Å². The van der Waals surface area contributed by atoms with Crippen LogP contribution >= 0.6 is 0 Å². The minimum absolute atomic E-state index is 0.101. The van der Waals surface area contributed by atoms with Crippen LogP contribution in [0.25, 0.3) is 16.8 Å². The predicted octanol–water partition coefficient (Wildman–Crippen LogP) is 2.51. The SMILES string of the molecule is COc1ccc(-c2cc3c(=O)n(CC(=O)N[C@@H]4CCC[C@H](C)[C@H]4C)ncn3n2)cc1. The summed E-state index contributed by atoms with van der Waals surface area (Å²) in [6.45, 7) is 4.30. The highest BCUT2D eigenvalue weighted by atomic mass is 16.5. The minimum atomic E-state index is -0.343. The van der Waals surface area contributed by atoms with E-state index in [4.69, 9.17) is 4.74 Å². The van der Waals surface area contributed by atoms with Crippen LogP contribution in [0.4, 0.5) is 0 Å². The summed E-state index contributed by atoms with van der Waals surface area (Å²) in [6.07, 6.45) is 4.75. The molecule has 1 aliphatic carbocycles. The lowest BCUT2D eigenvalue weighted by atomic mass is 9.78. The van der Waals surface area contributed by atoms with E-state index in [1.54, 1.807) is 13.2 Å². The molecule has 0 spiro atoms. The fourth-order valence-electron chi connectivity index (χ4n) is 4.13. The first kappa shape index (κ1) is 20.1. The van der Waals surface area contributed by atoms with Gasteiger partial charge in [-0.15, -0.1) is 0 Å². The van der Waals surface area contributed by atoms with Gasteiger partial charge in [0, 0.05) is 11.6 Å². The second-order valence-corrected chi connectivity index (χ2v) is 8.12. The third kappa shape index (κ3) is 3.94. The van der Waals surface area contributed by atoms with Gasteiger partial charge in [0.1, 0.15) is 24.1 Å². The van der Waals surface area contributed by atoms with E-state index >= 15 is 0 Å². The molecule has 0 bridgehead atoms. The zero-order valence-corrected chi connectivity index (χ0v) is 17.5. The second-order valence-electron chi connectivity index (χ2n) is 8.12. The van der Waals surface area contributed by atoms with Gasteiger partial charge in [0.2, 0.25) is 5.91 Å². The maximum Gasteiger partial charge on any atom is 0.293 e. The smallest absolute Gasteiger partial charge is 0.293 e. The van der Waals surface area contributed by atoms with Gasteiger partial charge >= 0.3 is 0 Å². The average Bonchev–Trinajstić information content (AvgIpc) is 3.19. The van der Waals surface area contributed by atoms with Crippen molar-refractivity contribution in [2.75, 3.05) is 7.11 Å². The first-order valence-electron chi connectivity index (χ1n) is 10.4. The van der Waals surface area contributed by atoms with Crippen molar-refractivity contribution in [3.63, 3.8) is 0 Å². The number of methoxy groups -OCH3 is 1. The molecule has 1 saturated carbocycles. The molecule has 2 heterocycles. The van der Waals surface area contributed by atoms with Gasteiger partial charge in [-0.25, -0.2) is 9.20 Å². The number of nitrogens with one attached hydrogen (secondary N) is 1. The fraction of sp³-hybridized carbons (Fsp3) is 0.455. The Labute approximate surface area is 174 Å². The lowest BCUT2D eigenvalue weighted by molar-refractivity contribution is -0.123. The number of carbonyl (C=O) groups excluding carboxylic acids is 1. The molecule has 1 aliphatic rings. The van der Waals surface area contributed by atoms with Gasteiger partial charge in [0.15, 0.2) is 0 Å². The van der Waals surface area contributed by atoms with Crippen LogP contribution in [-0.4, -0.2) is 38.5 Å². The van der Waals surface area contributed by atoms with E-state index in [1.165, 1.54) is 21.9 Å². The molecule has 1 amide bonds. The van der Waals surface area contributed by atoms with Crippen molar-refractivity contribution in [1.82, 2.24) is 24.7 Å². The quantitative estimate of drug-likeness (QED) is 0.699. The number of hydrogen-bond acceptors (Lipinski definition) is 5. The van der Waals surface area contributed by atoms with Crippen molar-refractivity contribution < 1.29 is 9.53 Å². The van der Waals surface area contributed by atoms with Crippen LogP contribution < -0.4 is 15.6 Å². The molecular weight excluding hydrogens is 382 g/mol. The first-order chi connectivity index (χ1) is 14.5. The molecule has 1 N–H and O–H groups in total. The number of rotatable bonds is 5. The van der Waals surface area contributed by atoms with Crippen LogP contribution in [-0.2, 0) is 11.3 Å². The fourth-order valence-corrected chi connectivity index (χ4v) is 4.13. The Kier molecular flexibility index (Phi) is 5.57. The lowest BCUT2D eigenvalue weighted by Gasteiger charge is -2.34. The van der Waals surface area contributed by atoms with Crippen LogP contribution in [0.1, 0.15) is 33.1 Å². The van der Waals surface area contributed by atoms with E-state index in [-0.39, 0.29) is 24.1 Å². The highest BCUT2D eigenvalue weighted by Crippen LogP contribution is 2.29. The summed E-state index contributed by atoms with van der Waals surface area (Å²) in [4.78, 5) is 25.4. The summed E-state index contributed by atoms with van der Waals surface area (Å²) in [5.41, 5.74) is 1.56. The highest BCUT2D eigenvalue weighted by Gasteiger charge is 2.28. The van der Waals surface area contributed by atoms with Gasteiger partial charge in [-0.05, 0) is 48.6 Å². The Balaban J connectivity index is 1.53. The molecule has 0 unspecified atom stereocenters. The minimum Gasteiger partial charge on any atom is -0.497 e. The van der Waals surface area contributed by atoms with Gasteiger partial charge < -0.3 is 10.1 Å². The van der Waals surface area contributed by atoms with E-state index in [0.717, 1.165) is 24.2 Å². The van der Waals surface area contributed by atoms with Crippen LogP contribution in [0.2, 0.25) is 0 Å². The normalized spacial score (nSPS) is 21.5. The van der Waals surface area contributed by atoms with E-state index in [1.807, 2.05) is 24.3 Å². The number of ether oxygens (including phenoxy) is 1. The molecule has 2 aromatic heterocycles. The highest BCUT2D eigenvalue weighted by molar-refractivity contribution is 5.76. The summed E-state index contributed by atoms with van der Waals surface area (Å²) in [6, 6.07) is 9.31. The van der Waals surface area contributed by atoms with Gasteiger partial charge in [-0.3, -0.25) is 9.59 Å². The molecule has 1 fully saturated rings. The van der Waals surface area contributed by atoms with Crippen LogP contribution in [0.3, 0.4) is 0 Å². The summed E-state index contributed by atoms with van der Waals surface area (Å²) in [5.74, 6) is 1.58. The molecule has 8 nitrogen and oxygen atoms in total. The third-order valence-electron chi connectivity index (χ3n) is 6.22. The maximum absolute atomic E-state index is 12.9. The van der Waals surface area contributed by atoms with Crippen molar-refractivity contribution >= 4 is 11.4 Å². The van der Waals surface area contributed by atoms with E-state index in [9.17, 15) is 9.59 Å². The molecular formula is C22H27N5O3. The second kappa shape index (κ2) is 8.30. The third-order valence-corrected chi connectivity index (χ3v) is 6.22. The van der Waals surface area contributed by atoms with Crippen molar-refractivity contribution in [2.45, 2.75) is 45.7 Å². The Morgan fingerprint density at radius 3 is 2.73 bits per heavy atom. The number of aromatic nitrogens is 4. The Morgan fingerprint density at radius 2 is 2.00 bits per heavy atom. The van der Waals surface area contributed by atoms with Crippen molar-refractivity contribution in [3.8, 4) is 17.0 Å². The molecule has 30 heavy (non-hydrogen) atoms. The number of carbonyl (C=O) groups is 1. The maximum atomic E-state index is 12.9. The summed E-state index contributed by atoms with van der Waals surface area (Å²) in [5, 5.41) is 11.7. The zero-order chi connectivity index (χ0) is 21.3. The summed E-state index contributed by atoms with van der Waals surface area (Å²) >= 11 is 0. The van der Waals surface area contributed by atoms with Crippen LogP contribution in [0, 0.1) is 11.8 Å². The molecule has 0 saturated heterocycles. The largest absolute Gasteiger partial charge is 0.497 e. The Hall–Kier alpha value is -3.16. The van der Waals surface area contributed by atoms with Crippen molar-refractivity contribution in [1.29, 1.82) is 0 Å². The van der Waals surface area contributed by atoms with E-state index in [2.05, 4.69) is 29.4 Å². The standard InChI is InChI=1S/C22H27N5O3/c1-14-5-4-6-18(15(14)2)24-21(28)12-26-22(29)20-11-19(25-27(20)13-23-26)16-7-9-17(30-3)10-8-16/h7-11,13-15,18H,4-6,12H2,1-3H3,(H,24,28)/t14-,15+,18+/m0/s1. The monoisotopic (exact) mass is 409 g/mol. The van der Waals surface area contributed by atoms with E-state index in [0.29, 0.717) is 23.0 Å². The lowest BCUT2D eigenvalue weighted by Crippen LogP contribution is -2.45. The van der Waals surface area contributed by atoms with Crippen LogP contribution in [0.5, 0.6) is 5.75 Å². The van der Waals surface area contributed by atoms with Gasteiger partial charge in [0.05, 0.1) is 12.8 Å². The van der Waals surface area contributed by atoms with Gasteiger partial charge in [-0.1, -0.05) is 26.7 Å². The molecule has 1 aromatic carbocycles. The molecule has 3 aromatic rings. The molecule has 0 aliphatic heterocycles. The molecule has 4 rings (SSSR count). The number of hydrogen-bond donors (Lipinski definition) is 1. The molecule has 3 atom stereocenters. The van der Waals surface area contributed by atoms with Crippen molar-refractivity contribution in [2.24, 2.45) is 11.8 Å². The topological polar surface area (TPSA) is 90.5 Å². The Morgan fingerprint density at radius 1 is 1.23 bits per heavy atom. The number of nitrogens with zero attached hydrogens (tertiary/aromatic N) is 4. The Bertz CT molecular complexity index is 1100. The van der Waals surface area contributed by atoms with E-state index < -0.39 is 0 Å². The number of fused-ring (bicyclic) bond motifs is 1. The number of amides is 1. The first-order valence-corrected chi connectivity index (χ1v) is 10.4. The van der Waals surface area contributed by atoms with Crippen molar-refractivity contribution in [3.05, 3.63) is 47.0 Å². The molecule has 0 radical (unpaired) electrons. The summed E-state index contributed by atoms with van der Waals surface area (Å²) < 4.78 is 7.82. The number of benzene rings is 1. The van der Waals surface area contributed by atoms with Gasteiger partial charge in [0.25, 0.3) is 5.56 Å². The summed E-state index contributed by atoms with van der Waals surface area (Å²) in [7, 11) is 1.61. The zero-order valence-electron chi connectivity index (χ0n) is 17.5.